The summed E-state index contributed by atoms with van der Waals surface area (Å²) in [5, 5.41) is 14.7. The molecule has 0 saturated carbocycles. The Balaban J connectivity index is 2.32. The smallest absolute Gasteiger partial charge is 0.156 e. The summed E-state index contributed by atoms with van der Waals surface area (Å²) in [6.45, 7) is 6.17. The van der Waals surface area contributed by atoms with E-state index in [2.05, 4.69) is 23.9 Å². The summed E-state index contributed by atoms with van der Waals surface area (Å²) < 4.78 is 1.82. The quantitative estimate of drug-likeness (QED) is 0.862. The lowest BCUT2D eigenvalue weighted by molar-refractivity contribution is 0.155. The van der Waals surface area contributed by atoms with Crippen LogP contribution >= 0.6 is 11.6 Å². The van der Waals surface area contributed by atoms with Gasteiger partial charge in [-0.3, -0.25) is 0 Å². The van der Waals surface area contributed by atoms with Crippen molar-refractivity contribution >= 4 is 17.2 Å². The van der Waals surface area contributed by atoms with Gasteiger partial charge in [-0.25, -0.2) is 9.50 Å². The minimum atomic E-state index is -0.379. The molecule has 0 fully saturated rings. The van der Waals surface area contributed by atoms with E-state index in [4.69, 9.17) is 11.6 Å². The third-order valence-corrected chi connectivity index (χ3v) is 4.02. The molecule has 1 N–H and O–H groups in total. The molecule has 0 aromatic carbocycles. The van der Waals surface area contributed by atoms with Crippen molar-refractivity contribution in [2.24, 2.45) is 0 Å². The predicted octanol–water partition coefficient (Wildman–Crippen LogP) is 2.53. The highest BCUT2D eigenvalue weighted by Gasteiger charge is 2.41. The van der Waals surface area contributed by atoms with E-state index in [0.717, 1.165) is 23.3 Å². The van der Waals surface area contributed by atoms with Crippen molar-refractivity contribution < 1.29 is 5.11 Å². The van der Waals surface area contributed by atoms with Crippen molar-refractivity contribution in [2.45, 2.75) is 44.6 Å². The van der Waals surface area contributed by atoms with E-state index < -0.39 is 0 Å². The van der Waals surface area contributed by atoms with Crippen LogP contribution in [-0.2, 0) is 5.41 Å². The minimum Gasteiger partial charge on any atom is -0.393 e. The molecule has 0 saturated heterocycles. The molecule has 18 heavy (non-hydrogen) atoms. The molecule has 1 aliphatic carbocycles. The number of aliphatic hydroxyl groups is 1. The molecule has 2 aromatic heterocycles. The topological polar surface area (TPSA) is 50.4 Å². The number of aromatic nitrogens is 3. The first-order valence-electron chi connectivity index (χ1n) is 6.13. The van der Waals surface area contributed by atoms with Gasteiger partial charge in [0.05, 0.1) is 11.8 Å². The fourth-order valence-corrected chi connectivity index (χ4v) is 3.23. The van der Waals surface area contributed by atoms with Gasteiger partial charge in [0, 0.05) is 23.6 Å². The number of hydrogen-bond acceptors (Lipinski definition) is 3. The summed E-state index contributed by atoms with van der Waals surface area (Å²) >= 11 is 5.96. The van der Waals surface area contributed by atoms with Crippen LogP contribution in [0.4, 0.5) is 0 Å². The fraction of sp³-hybridized carbons (Fsp3) is 0.538. The summed E-state index contributed by atoms with van der Waals surface area (Å²) in [5.41, 5.74) is 2.93. The van der Waals surface area contributed by atoms with Crippen LogP contribution in [0.25, 0.3) is 5.65 Å². The molecule has 2 heterocycles. The van der Waals surface area contributed by atoms with Gasteiger partial charge in [-0.1, -0.05) is 25.4 Å². The van der Waals surface area contributed by atoms with E-state index in [9.17, 15) is 5.11 Å². The maximum absolute atomic E-state index is 9.92. The third-order valence-electron chi connectivity index (χ3n) is 3.83. The average molecular weight is 266 g/mol. The second kappa shape index (κ2) is 3.68. The van der Waals surface area contributed by atoms with Gasteiger partial charge in [0.25, 0.3) is 0 Å². The van der Waals surface area contributed by atoms with Gasteiger partial charge in [-0.2, -0.15) is 5.10 Å². The Hall–Kier alpha value is -1.13. The van der Waals surface area contributed by atoms with E-state index >= 15 is 0 Å². The van der Waals surface area contributed by atoms with Crippen molar-refractivity contribution in [1.29, 1.82) is 0 Å². The Morgan fingerprint density at radius 2 is 2.28 bits per heavy atom. The van der Waals surface area contributed by atoms with Crippen LogP contribution in [-0.4, -0.2) is 25.8 Å². The predicted molar refractivity (Wildman–Crippen MR) is 70.1 cm³/mol. The lowest BCUT2D eigenvalue weighted by Gasteiger charge is -2.20. The van der Waals surface area contributed by atoms with Crippen molar-refractivity contribution in [3.8, 4) is 0 Å². The summed E-state index contributed by atoms with van der Waals surface area (Å²) in [4.78, 5) is 4.38. The zero-order valence-electron chi connectivity index (χ0n) is 10.7. The molecule has 2 unspecified atom stereocenters. The van der Waals surface area contributed by atoms with Gasteiger partial charge in [0.2, 0.25) is 0 Å². The van der Waals surface area contributed by atoms with Crippen molar-refractivity contribution in [1.82, 2.24) is 14.6 Å². The molecule has 96 valence electrons. The Labute approximate surface area is 111 Å². The Morgan fingerprint density at radius 1 is 1.56 bits per heavy atom. The Morgan fingerprint density at radius 3 is 2.94 bits per heavy atom. The lowest BCUT2D eigenvalue weighted by Crippen LogP contribution is -2.18. The highest BCUT2D eigenvalue weighted by atomic mass is 35.5. The highest BCUT2D eigenvalue weighted by Crippen LogP contribution is 2.46. The third kappa shape index (κ3) is 1.56. The first-order valence-corrected chi connectivity index (χ1v) is 6.50. The largest absolute Gasteiger partial charge is 0.393 e. The van der Waals surface area contributed by atoms with Crippen LogP contribution in [0.5, 0.6) is 0 Å². The molecule has 0 aliphatic heterocycles. The second-order valence-electron chi connectivity index (χ2n) is 5.73. The molecule has 2 atom stereocenters. The zero-order valence-corrected chi connectivity index (χ0v) is 11.4. The van der Waals surface area contributed by atoms with Crippen LogP contribution in [0.15, 0.2) is 12.3 Å². The minimum absolute atomic E-state index is 0.0342. The normalized spacial score (nSPS) is 23.3. The Kier molecular flexibility index (Phi) is 2.44. The number of fused-ring (bicyclic) bond motifs is 3. The van der Waals surface area contributed by atoms with Crippen molar-refractivity contribution in [3.63, 3.8) is 0 Å². The van der Waals surface area contributed by atoms with E-state index in [1.54, 1.807) is 6.07 Å². The van der Waals surface area contributed by atoms with Gasteiger partial charge in [-0.15, -0.1) is 0 Å². The van der Waals surface area contributed by atoms with Crippen LogP contribution in [0, 0.1) is 0 Å². The maximum Gasteiger partial charge on any atom is 0.156 e. The van der Waals surface area contributed by atoms with Gasteiger partial charge < -0.3 is 5.11 Å². The van der Waals surface area contributed by atoms with E-state index in [-0.39, 0.29) is 17.4 Å². The average Bonchev–Trinajstić information content (AvgIpc) is 2.75. The van der Waals surface area contributed by atoms with E-state index in [1.807, 2.05) is 17.6 Å². The van der Waals surface area contributed by atoms with E-state index in [0.29, 0.717) is 5.15 Å². The number of hydrogen-bond donors (Lipinski definition) is 1. The van der Waals surface area contributed by atoms with Crippen LogP contribution in [0.3, 0.4) is 0 Å². The molecule has 1 aliphatic rings. The van der Waals surface area contributed by atoms with E-state index in [1.165, 1.54) is 0 Å². The first-order chi connectivity index (χ1) is 8.40. The van der Waals surface area contributed by atoms with Crippen LogP contribution in [0.2, 0.25) is 5.15 Å². The molecule has 2 aromatic rings. The van der Waals surface area contributed by atoms with Gasteiger partial charge in [0.1, 0.15) is 0 Å². The SMILES string of the molecule is CC(O)C1CC(C)(C)c2c1cnc1cc(Cl)nn21. The molecular weight excluding hydrogens is 250 g/mol. The molecule has 4 nitrogen and oxygen atoms in total. The molecule has 0 radical (unpaired) electrons. The van der Waals surface area contributed by atoms with Gasteiger partial charge >= 0.3 is 0 Å². The van der Waals surface area contributed by atoms with Crippen molar-refractivity contribution in [3.05, 3.63) is 28.7 Å². The Bertz CT molecular complexity index is 618. The van der Waals surface area contributed by atoms with Gasteiger partial charge in [-0.05, 0) is 18.9 Å². The number of aliphatic hydroxyl groups excluding tert-OH is 1. The highest BCUT2D eigenvalue weighted by molar-refractivity contribution is 6.29. The molecular formula is C13H16ClN3O. The summed E-state index contributed by atoms with van der Waals surface area (Å²) in [7, 11) is 0. The standard InChI is InChI=1S/C13H16ClN3O/c1-7(18)8-5-13(2,3)12-9(8)6-15-11-4-10(14)16-17(11)12/h4,6-8,18H,5H2,1-3H3. The van der Waals surface area contributed by atoms with Gasteiger partial charge in [0.15, 0.2) is 10.8 Å². The molecule has 0 bridgehead atoms. The molecule has 3 rings (SSSR count). The summed E-state index contributed by atoms with van der Waals surface area (Å²) in [6, 6.07) is 1.76. The zero-order chi connectivity index (χ0) is 13.1. The maximum atomic E-state index is 9.92. The van der Waals surface area contributed by atoms with Crippen molar-refractivity contribution in [2.75, 3.05) is 0 Å². The number of halogens is 1. The molecule has 0 amide bonds. The molecule has 0 spiro atoms. The monoisotopic (exact) mass is 265 g/mol. The van der Waals surface area contributed by atoms with Crippen LogP contribution in [0.1, 0.15) is 44.4 Å². The second-order valence-corrected chi connectivity index (χ2v) is 6.12. The number of nitrogens with zero attached hydrogens (tertiary/aromatic N) is 3. The summed E-state index contributed by atoms with van der Waals surface area (Å²) in [5.74, 6) is 0.120. The summed E-state index contributed by atoms with van der Waals surface area (Å²) in [6.07, 6.45) is 2.38. The first kappa shape index (κ1) is 11.9. The number of rotatable bonds is 1. The fourth-order valence-electron chi connectivity index (χ4n) is 3.05. The molecule has 5 heteroatoms. The lowest BCUT2D eigenvalue weighted by atomic mass is 9.87. The van der Waals surface area contributed by atoms with Crippen LogP contribution < -0.4 is 0 Å².